The van der Waals surface area contributed by atoms with Gasteiger partial charge in [-0.15, -0.1) is 0 Å². The van der Waals surface area contributed by atoms with Crippen LogP contribution < -0.4 is 0 Å². The topological polar surface area (TPSA) is 15.8 Å². The molecule has 1 nitrogen and oxygen atoms in total. The van der Waals surface area contributed by atoms with Crippen LogP contribution in [0.15, 0.2) is 127 Å². The second-order valence-electron chi connectivity index (χ2n) is 10.2. The average Bonchev–Trinajstić information content (AvgIpc) is 3.24. The van der Waals surface area contributed by atoms with Gasteiger partial charge in [-0.1, -0.05) is 115 Å². The molecule has 1 heteroatoms. The molecule has 0 bridgehead atoms. The first-order valence-electron chi connectivity index (χ1n) is 13.2. The third kappa shape index (κ3) is 3.26. The molecular formula is C37H25N. The van der Waals surface area contributed by atoms with Crippen molar-refractivity contribution in [1.82, 2.24) is 4.98 Å². The lowest BCUT2D eigenvalue weighted by Gasteiger charge is -2.11. The summed E-state index contributed by atoms with van der Waals surface area (Å²) in [6.45, 7) is 0. The van der Waals surface area contributed by atoms with Crippen LogP contribution in [0, 0.1) is 0 Å². The van der Waals surface area contributed by atoms with Crippen LogP contribution in [0.25, 0.3) is 66.1 Å². The largest absolute Gasteiger partial charge is 0.354 e. The van der Waals surface area contributed by atoms with E-state index in [0.29, 0.717) is 0 Å². The number of nitrogens with one attached hydrogen (secondary N) is 1. The fourth-order valence-corrected chi connectivity index (χ4v) is 6.20. The summed E-state index contributed by atoms with van der Waals surface area (Å²) in [4.78, 5) is 3.75. The van der Waals surface area contributed by atoms with E-state index in [0.717, 1.165) is 6.42 Å². The van der Waals surface area contributed by atoms with Crippen LogP contribution >= 0.6 is 0 Å². The number of aromatic amines is 1. The molecule has 0 aliphatic heterocycles. The highest BCUT2D eigenvalue weighted by Crippen LogP contribution is 2.40. The number of rotatable bonds is 2. The normalized spacial score (nSPS) is 13.2. The van der Waals surface area contributed by atoms with Crippen molar-refractivity contribution in [2.24, 2.45) is 0 Å². The van der Waals surface area contributed by atoms with Gasteiger partial charge in [-0.25, -0.2) is 0 Å². The number of H-pyrrole nitrogens is 1. The Balaban J connectivity index is 1.28. The van der Waals surface area contributed by atoms with Gasteiger partial charge >= 0.3 is 0 Å². The molecule has 1 heterocycles. The zero-order valence-electron chi connectivity index (χ0n) is 20.9. The van der Waals surface area contributed by atoms with Crippen LogP contribution in [-0.4, -0.2) is 4.98 Å². The number of aromatic nitrogens is 1. The van der Waals surface area contributed by atoms with E-state index >= 15 is 0 Å². The maximum atomic E-state index is 3.75. The van der Waals surface area contributed by atoms with Crippen LogP contribution in [0.3, 0.4) is 0 Å². The van der Waals surface area contributed by atoms with Gasteiger partial charge in [0.2, 0.25) is 0 Å². The van der Waals surface area contributed by atoms with Crippen molar-refractivity contribution in [2.75, 3.05) is 0 Å². The van der Waals surface area contributed by atoms with E-state index in [1.165, 1.54) is 76.7 Å². The Morgan fingerprint density at radius 3 is 2.05 bits per heavy atom. The maximum absolute atomic E-state index is 3.75. The van der Waals surface area contributed by atoms with Gasteiger partial charge in [0, 0.05) is 21.7 Å². The highest BCUT2D eigenvalue weighted by Gasteiger charge is 2.15. The number of hydrogen-bond acceptors (Lipinski definition) is 0. The Kier molecular flexibility index (Phi) is 4.65. The minimum absolute atomic E-state index is 0.938. The van der Waals surface area contributed by atoms with Crippen molar-refractivity contribution < 1.29 is 0 Å². The summed E-state index contributed by atoms with van der Waals surface area (Å²) in [6.07, 6.45) is 7.63. The third-order valence-corrected chi connectivity index (χ3v) is 8.06. The number of fused-ring (bicyclic) bond motifs is 9. The number of benzene rings is 6. The molecule has 0 spiro atoms. The van der Waals surface area contributed by atoms with Crippen LogP contribution in [0.1, 0.15) is 16.7 Å². The highest BCUT2D eigenvalue weighted by molar-refractivity contribution is 6.31. The molecule has 0 saturated heterocycles. The summed E-state index contributed by atoms with van der Waals surface area (Å²) in [6, 6.07) is 42.0. The summed E-state index contributed by atoms with van der Waals surface area (Å²) in [5, 5.41) is 7.76. The van der Waals surface area contributed by atoms with E-state index in [2.05, 4.69) is 138 Å². The van der Waals surface area contributed by atoms with Crippen molar-refractivity contribution in [1.29, 1.82) is 0 Å². The van der Waals surface area contributed by atoms with E-state index in [9.17, 15) is 0 Å². The predicted octanol–water partition coefficient (Wildman–Crippen LogP) is 9.95. The Morgan fingerprint density at radius 1 is 0.526 bits per heavy atom. The first-order chi connectivity index (χ1) is 18.8. The molecule has 1 aliphatic carbocycles. The lowest BCUT2D eigenvalue weighted by Crippen LogP contribution is -1.93. The zero-order valence-corrected chi connectivity index (χ0v) is 20.9. The molecule has 7 aromatic rings. The monoisotopic (exact) mass is 483 g/mol. The van der Waals surface area contributed by atoms with Gasteiger partial charge in [-0.05, 0) is 74.2 Å². The summed E-state index contributed by atoms with van der Waals surface area (Å²) in [5.41, 5.74) is 10.2. The fourth-order valence-electron chi connectivity index (χ4n) is 6.20. The van der Waals surface area contributed by atoms with Crippen LogP contribution in [0.4, 0.5) is 0 Å². The van der Waals surface area contributed by atoms with Gasteiger partial charge in [0.05, 0.1) is 5.52 Å². The van der Waals surface area contributed by atoms with Crippen molar-refractivity contribution in [3.8, 4) is 11.1 Å². The van der Waals surface area contributed by atoms with Gasteiger partial charge < -0.3 is 4.98 Å². The SMILES string of the molecule is C1=Cc2cc(-c3ccc4[nH]c5c6ccccc6c6ccccc6c5c4c3)ccc2CC(c2ccccc2)=C1. The third-order valence-electron chi connectivity index (χ3n) is 8.06. The van der Waals surface area contributed by atoms with E-state index in [1.54, 1.807) is 0 Å². The Hall–Kier alpha value is -4.88. The minimum Gasteiger partial charge on any atom is -0.354 e. The Morgan fingerprint density at radius 2 is 1.21 bits per heavy atom. The molecule has 0 atom stereocenters. The minimum atomic E-state index is 0.938. The maximum Gasteiger partial charge on any atom is 0.0551 e. The van der Waals surface area contributed by atoms with Gasteiger partial charge in [-0.2, -0.15) is 0 Å². The van der Waals surface area contributed by atoms with Crippen molar-refractivity contribution in [3.63, 3.8) is 0 Å². The quantitative estimate of drug-likeness (QED) is 0.236. The van der Waals surface area contributed by atoms with Gasteiger partial charge in [0.25, 0.3) is 0 Å². The summed E-state index contributed by atoms with van der Waals surface area (Å²) < 4.78 is 0. The average molecular weight is 484 g/mol. The number of hydrogen-bond donors (Lipinski definition) is 1. The molecule has 178 valence electrons. The van der Waals surface area contributed by atoms with Crippen LogP contribution in [0.2, 0.25) is 0 Å². The lowest BCUT2D eigenvalue weighted by atomic mass is 9.93. The Labute approximate surface area is 221 Å². The van der Waals surface area contributed by atoms with Crippen LogP contribution in [-0.2, 0) is 6.42 Å². The highest BCUT2D eigenvalue weighted by atomic mass is 14.7. The second kappa shape index (κ2) is 8.33. The van der Waals surface area contributed by atoms with E-state index < -0.39 is 0 Å². The van der Waals surface area contributed by atoms with Crippen molar-refractivity contribution in [3.05, 3.63) is 144 Å². The molecule has 0 radical (unpaired) electrons. The molecular weight excluding hydrogens is 458 g/mol. The lowest BCUT2D eigenvalue weighted by molar-refractivity contribution is 1.27. The predicted molar refractivity (Wildman–Crippen MR) is 163 cm³/mol. The van der Waals surface area contributed by atoms with E-state index in [1.807, 2.05) is 0 Å². The molecule has 1 aromatic heterocycles. The van der Waals surface area contributed by atoms with E-state index in [-0.39, 0.29) is 0 Å². The van der Waals surface area contributed by atoms with Crippen molar-refractivity contribution >= 4 is 55.0 Å². The molecule has 38 heavy (non-hydrogen) atoms. The van der Waals surface area contributed by atoms with E-state index in [4.69, 9.17) is 0 Å². The molecule has 1 N–H and O–H groups in total. The summed E-state index contributed by atoms with van der Waals surface area (Å²) in [5.74, 6) is 0. The summed E-state index contributed by atoms with van der Waals surface area (Å²) in [7, 11) is 0. The van der Waals surface area contributed by atoms with Crippen molar-refractivity contribution in [2.45, 2.75) is 6.42 Å². The second-order valence-corrected chi connectivity index (χ2v) is 10.2. The molecule has 0 saturated carbocycles. The molecule has 6 aromatic carbocycles. The smallest absolute Gasteiger partial charge is 0.0551 e. The fraction of sp³-hybridized carbons (Fsp3) is 0.0270. The molecule has 1 aliphatic rings. The standard InChI is InChI=1S/C37H25N/c1-2-9-24(10-3-1)25-11-8-12-26-22-28(18-17-27(26)21-25)29-19-20-35-34(23-29)36-32-15-6-4-13-30(32)31-14-5-7-16-33(31)37(36)38-35/h1-20,22-23,38H,21H2. The first-order valence-corrected chi connectivity index (χ1v) is 13.2. The summed E-state index contributed by atoms with van der Waals surface area (Å²) >= 11 is 0. The molecule has 0 fully saturated rings. The molecule has 8 rings (SSSR count). The van der Waals surface area contributed by atoms with Gasteiger partial charge in [0.1, 0.15) is 0 Å². The van der Waals surface area contributed by atoms with Gasteiger partial charge in [-0.3, -0.25) is 0 Å². The van der Waals surface area contributed by atoms with Gasteiger partial charge in [0.15, 0.2) is 0 Å². The van der Waals surface area contributed by atoms with Crippen LogP contribution in [0.5, 0.6) is 0 Å². The molecule has 0 amide bonds. The molecule has 0 unspecified atom stereocenters. The zero-order chi connectivity index (χ0) is 25.1. The Bertz CT molecular complexity index is 2090. The number of allylic oxidation sites excluding steroid dienone is 3. The first kappa shape index (κ1) is 21.2.